The number of ether oxygens (including phenoxy) is 1. The zero-order valence-electron chi connectivity index (χ0n) is 15.9. The van der Waals surface area contributed by atoms with Crippen molar-refractivity contribution in [1.29, 1.82) is 0 Å². The Kier molecular flexibility index (Phi) is 6.80. The van der Waals surface area contributed by atoms with E-state index in [0.29, 0.717) is 31.5 Å². The molecule has 3 rings (SSSR count). The average Bonchev–Trinajstić information content (AvgIpc) is 2.70. The highest BCUT2D eigenvalue weighted by Gasteiger charge is 2.31. The van der Waals surface area contributed by atoms with Crippen LogP contribution in [0.5, 0.6) is 0 Å². The third kappa shape index (κ3) is 5.76. The lowest BCUT2D eigenvalue weighted by Crippen LogP contribution is -2.40. The maximum atomic E-state index is 13.6. The summed E-state index contributed by atoms with van der Waals surface area (Å²) in [5, 5.41) is 9.26. The van der Waals surface area contributed by atoms with Crippen LogP contribution < -0.4 is 0 Å². The van der Waals surface area contributed by atoms with Gasteiger partial charge in [-0.15, -0.1) is 0 Å². The van der Waals surface area contributed by atoms with E-state index in [-0.39, 0.29) is 18.9 Å². The lowest BCUT2D eigenvalue weighted by molar-refractivity contribution is -0.137. The number of hydrogen-bond donors (Lipinski definition) is 1. The molecule has 0 aliphatic carbocycles. The van der Waals surface area contributed by atoms with E-state index in [1.165, 1.54) is 12.1 Å². The standard InChI is InChI=1S/C22H23F2NO4/c23-18-10-17(11-19(24)12-18)20(13-21(26)27)16-6-8-25(9-7-16)22(28)29-14-15-4-2-1-3-5-15/h1-5,10-12,16,20H,6-9,13-14H2,(H,26,27). The Hall–Kier alpha value is -2.96. The van der Waals surface area contributed by atoms with Gasteiger partial charge in [-0.2, -0.15) is 0 Å². The topological polar surface area (TPSA) is 66.8 Å². The predicted octanol–water partition coefficient (Wildman–Crippen LogP) is 4.57. The SMILES string of the molecule is O=C(O)CC(c1cc(F)cc(F)c1)C1CCN(C(=O)OCc2ccccc2)CC1. The van der Waals surface area contributed by atoms with Crippen molar-refractivity contribution in [3.63, 3.8) is 0 Å². The van der Waals surface area contributed by atoms with Crippen LogP contribution in [0.3, 0.4) is 0 Å². The lowest BCUT2D eigenvalue weighted by atomic mass is 9.78. The summed E-state index contributed by atoms with van der Waals surface area (Å²) in [6.45, 7) is 1.00. The number of hydrogen-bond acceptors (Lipinski definition) is 3. The van der Waals surface area contributed by atoms with Gasteiger partial charge in [-0.3, -0.25) is 4.79 Å². The zero-order valence-corrected chi connectivity index (χ0v) is 15.9. The Morgan fingerprint density at radius 1 is 1.07 bits per heavy atom. The van der Waals surface area contributed by atoms with Gasteiger partial charge in [0.15, 0.2) is 0 Å². The molecule has 0 spiro atoms. The summed E-state index contributed by atoms with van der Waals surface area (Å²) >= 11 is 0. The average molecular weight is 403 g/mol. The summed E-state index contributed by atoms with van der Waals surface area (Å²) < 4.78 is 32.6. The van der Waals surface area contributed by atoms with Gasteiger partial charge < -0.3 is 14.7 Å². The van der Waals surface area contributed by atoms with E-state index >= 15 is 0 Å². The lowest BCUT2D eigenvalue weighted by Gasteiger charge is -2.35. The Bertz CT molecular complexity index is 831. The van der Waals surface area contributed by atoms with E-state index in [9.17, 15) is 23.5 Å². The van der Waals surface area contributed by atoms with Gasteiger partial charge in [0, 0.05) is 19.2 Å². The minimum atomic E-state index is -1.02. The molecular formula is C22H23F2NO4. The van der Waals surface area contributed by atoms with Crippen molar-refractivity contribution in [2.45, 2.75) is 31.8 Å². The van der Waals surface area contributed by atoms with Crippen LogP contribution in [0.25, 0.3) is 0 Å². The van der Waals surface area contributed by atoms with E-state index in [2.05, 4.69) is 0 Å². The monoisotopic (exact) mass is 403 g/mol. The fourth-order valence-electron chi connectivity index (χ4n) is 3.83. The Labute approximate surface area is 167 Å². The molecule has 2 aromatic carbocycles. The molecule has 0 aromatic heterocycles. The molecule has 1 aliphatic rings. The summed E-state index contributed by atoms with van der Waals surface area (Å²) in [6.07, 6.45) is 0.442. The molecule has 154 valence electrons. The number of likely N-dealkylation sites (tertiary alicyclic amines) is 1. The normalized spacial score (nSPS) is 15.7. The number of carbonyl (C=O) groups excluding carboxylic acids is 1. The van der Waals surface area contributed by atoms with Crippen molar-refractivity contribution in [3.05, 3.63) is 71.3 Å². The van der Waals surface area contributed by atoms with E-state index in [1.807, 2.05) is 30.3 Å². The van der Waals surface area contributed by atoms with E-state index in [4.69, 9.17) is 4.74 Å². The maximum Gasteiger partial charge on any atom is 0.410 e. The molecular weight excluding hydrogens is 380 g/mol. The Balaban J connectivity index is 1.60. The Morgan fingerprint density at radius 2 is 1.69 bits per heavy atom. The summed E-state index contributed by atoms with van der Waals surface area (Å²) in [6, 6.07) is 12.5. The highest BCUT2D eigenvalue weighted by atomic mass is 19.1. The second kappa shape index (κ2) is 9.49. The van der Waals surface area contributed by atoms with E-state index in [1.54, 1.807) is 4.90 Å². The molecule has 1 atom stereocenters. The van der Waals surface area contributed by atoms with Gasteiger partial charge in [-0.1, -0.05) is 30.3 Å². The number of amides is 1. The number of halogens is 2. The second-order valence-electron chi connectivity index (χ2n) is 7.27. The number of benzene rings is 2. The van der Waals surface area contributed by atoms with Crippen molar-refractivity contribution in [2.24, 2.45) is 5.92 Å². The van der Waals surface area contributed by atoms with Crippen LogP contribution in [0.15, 0.2) is 48.5 Å². The summed E-state index contributed by atoms with van der Waals surface area (Å²) in [5.41, 5.74) is 1.24. The molecule has 1 heterocycles. The second-order valence-corrected chi connectivity index (χ2v) is 7.27. The number of carboxylic acid groups (broad SMARTS) is 1. The molecule has 7 heteroatoms. The molecule has 5 nitrogen and oxygen atoms in total. The first kappa shape index (κ1) is 20.8. The number of rotatable bonds is 6. The first-order chi connectivity index (χ1) is 13.9. The first-order valence-corrected chi connectivity index (χ1v) is 9.56. The van der Waals surface area contributed by atoms with E-state index in [0.717, 1.165) is 11.6 Å². The summed E-state index contributed by atoms with van der Waals surface area (Å²) in [5.74, 6) is -3.08. The quantitative estimate of drug-likeness (QED) is 0.767. The van der Waals surface area contributed by atoms with Gasteiger partial charge in [0.2, 0.25) is 0 Å². The summed E-state index contributed by atoms with van der Waals surface area (Å²) in [7, 11) is 0. The van der Waals surface area contributed by atoms with Crippen LogP contribution in [-0.2, 0) is 16.1 Å². The van der Waals surface area contributed by atoms with Crippen LogP contribution in [0.4, 0.5) is 13.6 Å². The fourth-order valence-corrected chi connectivity index (χ4v) is 3.83. The van der Waals surface area contributed by atoms with Gasteiger partial charge >= 0.3 is 12.1 Å². The smallest absolute Gasteiger partial charge is 0.410 e. The van der Waals surface area contributed by atoms with Crippen molar-refractivity contribution < 1.29 is 28.2 Å². The van der Waals surface area contributed by atoms with Crippen LogP contribution >= 0.6 is 0 Å². The molecule has 0 radical (unpaired) electrons. The minimum absolute atomic E-state index is 0.0922. The van der Waals surface area contributed by atoms with Gasteiger partial charge in [0.05, 0.1) is 6.42 Å². The molecule has 1 fully saturated rings. The molecule has 1 aliphatic heterocycles. The van der Waals surface area contributed by atoms with Gasteiger partial charge in [0.25, 0.3) is 0 Å². The highest BCUT2D eigenvalue weighted by molar-refractivity contribution is 5.68. The van der Waals surface area contributed by atoms with Crippen molar-refractivity contribution in [2.75, 3.05) is 13.1 Å². The van der Waals surface area contributed by atoms with Crippen molar-refractivity contribution >= 4 is 12.1 Å². The fraction of sp³-hybridized carbons (Fsp3) is 0.364. The molecule has 1 unspecified atom stereocenters. The highest BCUT2D eigenvalue weighted by Crippen LogP contribution is 2.36. The van der Waals surface area contributed by atoms with Gasteiger partial charge in [-0.05, 0) is 47.9 Å². The molecule has 1 amide bonds. The predicted molar refractivity (Wildman–Crippen MR) is 102 cm³/mol. The molecule has 2 aromatic rings. The molecule has 0 saturated carbocycles. The third-order valence-electron chi connectivity index (χ3n) is 5.28. The van der Waals surface area contributed by atoms with Crippen LogP contribution in [-0.4, -0.2) is 35.2 Å². The zero-order chi connectivity index (χ0) is 20.8. The Morgan fingerprint density at radius 3 is 2.28 bits per heavy atom. The van der Waals surface area contributed by atoms with Crippen LogP contribution in [0.2, 0.25) is 0 Å². The number of aliphatic carboxylic acids is 1. The number of nitrogens with zero attached hydrogens (tertiary/aromatic N) is 1. The molecule has 1 saturated heterocycles. The largest absolute Gasteiger partial charge is 0.481 e. The molecule has 29 heavy (non-hydrogen) atoms. The molecule has 1 N–H and O–H groups in total. The third-order valence-corrected chi connectivity index (χ3v) is 5.28. The van der Waals surface area contributed by atoms with Gasteiger partial charge in [0.1, 0.15) is 18.2 Å². The van der Waals surface area contributed by atoms with Crippen LogP contribution in [0, 0.1) is 17.6 Å². The maximum absolute atomic E-state index is 13.6. The van der Waals surface area contributed by atoms with Gasteiger partial charge in [-0.25, -0.2) is 13.6 Å². The van der Waals surface area contributed by atoms with Crippen molar-refractivity contribution in [3.8, 4) is 0 Å². The number of carbonyl (C=O) groups is 2. The van der Waals surface area contributed by atoms with Crippen LogP contribution in [0.1, 0.15) is 36.3 Å². The minimum Gasteiger partial charge on any atom is -0.481 e. The number of carboxylic acids is 1. The summed E-state index contributed by atoms with van der Waals surface area (Å²) in [4.78, 5) is 25.2. The van der Waals surface area contributed by atoms with Crippen molar-refractivity contribution in [1.82, 2.24) is 4.90 Å². The molecule has 0 bridgehead atoms. The number of piperidine rings is 1. The van der Waals surface area contributed by atoms with E-state index < -0.39 is 29.6 Å². The first-order valence-electron chi connectivity index (χ1n) is 9.56.